The van der Waals surface area contributed by atoms with E-state index < -0.39 is 5.97 Å². The van der Waals surface area contributed by atoms with Crippen molar-refractivity contribution >= 4 is 12.0 Å². The van der Waals surface area contributed by atoms with Crippen molar-refractivity contribution < 1.29 is 14.7 Å². The second-order valence-electron chi connectivity index (χ2n) is 5.89. The van der Waals surface area contributed by atoms with Crippen molar-refractivity contribution in [1.29, 1.82) is 0 Å². The fourth-order valence-corrected chi connectivity index (χ4v) is 2.61. The Hall–Kier alpha value is -2.82. The Morgan fingerprint density at radius 3 is 2.24 bits per heavy atom. The molecule has 2 rings (SSSR count). The zero-order valence-corrected chi connectivity index (χ0v) is 14.2. The number of carbonyl (C=O) groups excluding carboxylic acids is 1. The smallest absolute Gasteiger partial charge is 0.315 e. The molecule has 2 aromatic rings. The first-order valence-corrected chi connectivity index (χ1v) is 8.50. The summed E-state index contributed by atoms with van der Waals surface area (Å²) in [7, 11) is 0. The van der Waals surface area contributed by atoms with Crippen LogP contribution in [0.5, 0.6) is 0 Å². The Morgan fingerprint density at radius 1 is 0.960 bits per heavy atom. The lowest BCUT2D eigenvalue weighted by Crippen LogP contribution is -2.38. The van der Waals surface area contributed by atoms with Crippen molar-refractivity contribution in [2.24, 2.45) is 0 Å². The van der Waals surface area contributed by atoms with E-state index in [1.807, 2.05) is 48.5 Å². The summed E-state index contributed by atoms with van der Waals surface area (Å²) in [5, 5.41) is 14.3. The van der Waals surface area contributed by atoms with Crippen LogP contribution in [-0.4, -0.2) is 23.7 Å². The summed E-state index contributed by atoms with van der Waals surface area (Å²) < 4.78 is 0. The summed E-state index contributed by atoms with van der Waals surface area (Å²) in [4.78, 5) is 22.6. The number of benzene rings is 2. The Balaban J connectivity index is 1.90. The van der Waals surface area contributed by atoms with Crippen LogP contribution >= 0.6 is 0 Å². The van der Waals surface area contributed by atoms with Gasteiger partial charge in [-0.25, -0.2) is 4.79 Å². The van der Waals surface area contributed by atoms with E-state index in [-0.39, 0.29) is 18.5 Å². The fraction of sp³-hybridized carbons (Fsp3) is 0.300. The van der Waals surface area contributed by atoms with Gasteiger partial charge in [0.05, 0.1) is 6.04 Å². The van der Waals surface area contributed by atoms with Crippen LogP contribution in [0.2, 0.25) is 0 Å². The molecule has 0 aliphatic carbocycles. The minimum absolute atomic E-state index is 0.0520. The van der Waals surface area contributed by atoms with Gasteiger partial charge in [0.2, 0.25) is 0 Å². The van der Waals surface area contributed by atoms with Crippen molar-refractivity contribution in [3.63, 3.8) is 0 Å². The first-order valence-electron chi connectivity index (χ1n) is 8.50. The second kappa shape index (κ2) is 10.1. The molecular weight excluding hydrogens is 316 g/mol. The summed E-state index contributed by atoms with van der Waals surface area (Å²) in [6.07, 6.45) is 2.12. The third-order valence-corrected chi connectivity index (χ3v) is 3.92. The molecule has 0 aliphatic heterocycles. The summed E-state index contributed by atoms with van der Waals surface area (Å²) in [5.41, 5.74) is 2.28. The molecule has 132 valence electrons. The molecule has 0 aliphatic rings. The lowest BCUT2D eigenvalue weighted by Gasteiger charge is -2.20. The topological polar surface area (TPSA) is 78.4 Å². The highest BCUT2D eigenvalue weighted by Crippen LogP contribution is 2.19. The maximum absolute atomic E-state index is 12.1. The Morgan fingerprint density at radius 2 is 1.60 bits per heavy atom. The average molecular weight is 340 g/mol. The van der Waals surface area contributed by atoms with Crippen LogP contribution in [0, 0.1) is 0 Å². The number of nitrogens with one attached hydrogen (secondary N) is 2. The van der Waals surface area contributed by atoms with Crippen molar-refractivity contribution in [2.75, 3.05) is 6.54 Å². The summed E-state index contributed by atoms with van der Waals surface area (Å²) in [6.45, 7) is 0.346. The number of urea groups is 1. The maximum Gasteiger partial charge on any atom is 0.315 e. The Kier molecular flexibility index (Phi) is 7.50. The molecule has 0 saturated carbocycles. The number of aryl methyl sites for hydroxylation is 1. The van der Waals surface area contributed by atoms with Gasteiger partial charge in [-0.05, 0) is 30.4 Å². The van der Waals surface area contributed by atoms with Crippen molar-refractivity contribution in [2.45, 2.75) is 31.7 Å². The zero-order valence-electron chi connectivity index (χ0n) is 14.2. The van der Waals surface area contributed by atoms with Gasteiger partial charge in [-0.1, -0.05) is 60.7 Å². The molecule has 0 bridgehead atoms. The van der Waals surface area contributed by atoms with E-state index in [1.54, 1.807) is 0 Å². The molecular formula is C20H24N2O3. The standard InChI is InChI=1S/C20H24N2O3/c23-19(24)12-7-15-21-20(25)22-18(17-10-5-2-6-11-17)14-13-16-8-3-1-4-9-16/h1-6,8-11,18H,7,12-15H2,(H,23,24)(H2,21,22,25). The number of amides is 2. The highest BCUT2D eigenvalue weighted by Gasteiger charge is 2.14. The van der Waals surface area contributed by atoms with Gasteiger partial charge < -0.3 is 15.7 Å². The second-order valence-corrected chi connectivity index (χ2v) is 5.89. The largest absolute Gasteiger partial charge is 0.481 e. The molecule has 0 saturated heterocycles. The molecule has 3 N–H and O–H groups in total. The molecule has 0 spiro atoms. The van der Waals surface area contributed by atoms with Gasteiger partial charge in [-0.3, -0.25) is 4.79 Å². The molecule has 5 nitrogen and oxygen atoms in total. The van der Waals surface area contributed by atoms with E-state index in [0.29, 0.717) is 13.0 Å². The predicted octanol–water partition coefficient (Wildman–Crippen LogP) is 3.52. The van der Waals surface area contributed by atoms with Crippen LogP contribution in [0.25, 0.3) is 0 Å². The Labute approximate surface area is 148 Å². The van der Waals surface area contributed by atoms with Gasteiger partial charge in [0, 0.05) is 13.0 Å². The summed E-state index contributed by atoms with van der Waals surface area (Å²) in [6, 6.07) is 19.7. The SMILES string of the molecule is O=C(O)CCCNC(=O)NC(CCc1ccccc1)c1ccccc1. The summed E-state index contributed by atoms with van der Waals surface area (Å²) >= 11 is 0. The van der Waals surface area contributed by atoms with E-state index in [4.69, 9.17) is 5.11 Å². The minimum Gasteiger partial charge on any atom is -0.481 e. The maximum atomic E-state index is 12.1. The lowest BCUT2D eigenvalue weighted by molar-refractivity contribution is -0.137. The molecule has 2 aromatic carbocycles. The van der Waals surface area contributed by atoms with Gasteiger partial charge in [0.1, 0.15) is 0 Å². The quantitative estimate of drug-likeness (QED) is 0.611. The number of hydrogen-bond donors (Lipinski definition) is 3. The molecule has 2 amide bonds. The first-order chi connectivity index (χ1) is 12.1. The van der Waals surface area contributed by atoms with Crippen LogP contribution in [0.15, 0.2) is 60.7 Å². The molecule has 0 aromatic heterocycles. The van der Waals surface area contributed by atoms with Gasteiger partial charge in [0.15, 0.2) is 0 Å². The molecule has 5 heteroatoms. The highest BCUT2D eigenvalue weighted by molar-refractivity contribution is 5.74. The molecule has 0 heterocycles. The fourth-order valence-electron chi connectivity index (χ4n) is 2.61. The normalized spacial score (nSPS) is 11.5. The monoisotopic (exact) mass is 340 g/mol. The van der Waals surface area contributed by atoms with Gasteiger partial charge in [-0.15, -0.1) is 0 Å². The number of carboxylic acid groups (broad SMARTS) is 1. The average Bonchev–Trinajstić information content (AvgIpc) is 2.63. The zero-order chi connectivity index (χ0) is 17.9. The van der Waals surface area contributed by atoms with E-state index in [2.05, 4.69) is 22.8 Å². The van der Waals surface area contributed by atoms with Crippen molar-refractivity contribution in [3.05, 3.63) is 71.8 Å². The van der Waals surface area contributed by atoms with Crippen molar-refractivity contribution in [1.82, 2.24) is 10.6 Å². The number of carbonyl (C=O) groups is 2. The molecule has 1 atom stereocenters. The van der Waals surface area contributed by atoms with Gasteiger partial charge >= 0.3 is 12.0 Å². The van der Waals surface area contributed by atoms with Crippen LogP contribution in [0.1, 0.15) is 36.4 Å². The van der Waals surface area contributed by atoms with Crippen LogP contribution < -0.4 is 10.6 Å². The highest BCUT2D eigenvalue weighted by atomic mass is 16.4. The van der Waals surface area contributed by atoms with E-state index in [9.17, 15) is 9.59 Å². The van der Waals surface area contributed by atoms with Crippen LogP contribution in [0.3, 0.4) is 0 Å². The third-order valence-electron chi connectivity index (χ3n) is 3.92. The number of hydrogen-bond acceptors (Lipinski definition) is 2. The van der Waals surface area contributed by atoms with E-state index >= 15 is 0 Å². The van der Waals surface area contributed by atoms with E-state index in [0.717, 1.165) is 18.4 Å². The van der Waals surface area contributed by atoms with Gasteiger partial charge in [-0.2, -0.15) is 0 Å². The first kappa shape index (κ1) is 18.5. The third kappa shape index (κ3) is 7.08. The van der Waals surface area contributed by atoms with Crippen molar-refractivity contribution in [3.8, 4) is 0 Å². The number of rotatable bonds is 9. The number of carboxylic acids is 1. The minimum atomic E-state index is -0.854. The van der Waals surface area contributed by atoms with Crippen LogP contribution in [0.4, 0.5) is 4.79 Å². The lowest BCUT2D eigenvalue weighted by atomic mass is 9.99. The Bertz CT molecular complexity index is 659. The number of aliphatic carboxylic acids is 1. The molecule has 0 radical (unpaired) electrons. The van der Waals surface area contributed by atoms with Crippen LogP contribution in [-0.2, 0) is 11.2 Å². The summed E-state index contributed by atoms with van der Waals surface area (Å²) in [5.74, 6) is -0.854. The molecule has 25 heavy (non-hydrogen) atoms. The molecule has 1 unspecified atom stereocenters. The molecule has 0 fully saturated rings. The van der Waals surface area contributed by atoms with Gasteiger partial charge in [0.25, 0.3) is 0 Å². The van der Waals surface area contributed by atoms with E-state index in [1.165, 1.54) is 5.56 Å². The predicted molar refractivity (Wildman–Crippen MR) is 97.4 cm³/mol.